The lowest BCUT2D eigenvalue weighted by Gasteiger charge is -2.17. The smallest absolute Gasteiger partial charge is 0.128 e. The lowest BCUT2D eigenvalue weighted by molar-refractivity contribution is 0.191. The van der Waals surface area contributed by atoms with Crippen LogP contribution in [0.1, 0.15) is 12.0 Å². The molecule has 84 valence electrons. The minimum atomic E-state index is -1.04. The molecule has 3 rings (SSSR count). The van der Waals surface area contributed by atoms with E-state index in [0.29, 0.717) is 19.4 Å². The van der Waals surface area contributed by atoms with Gasteiger partial charge in [-0.1, -0.05) is 18.2 Å². The van der Waals surface area contributed by atoms with E-state index in [4.69, 9.17) is 0 Å². The SMILES string of the molecule is FC1(Cc2csc3ccccc23)CCNC1. The van der Waals surface area contributed by atoms with Crippen molar-refractivity contribution in [3.63, 3.8) is 0 Å². The molecule has 0 saturated carbocycles. The van der Waals surface area contributed by atoms with E-state index in [1.165, 1.54) is 10.1 Å². The first-order valence-corrected chi connectivity index (χ1v) is 6.50. The molecule has 1 atom stereocenters. The van der Waals surface area contributed by atoms with Crippen molar-refractivity contribution in [2.45, 2.75) is 18.5 Å². The van der Waals surface area contributed by atoms with E-state index >= 15 is 0 Å². The van der Waals surface area contributed by atoms with Gasteiger partial charge in [0.2, 0.25) is 0 Å². The number of nitrogens with one attached hydrogen (secondary N) is 1. The Labute approximate surface area is 98.3 Å². The van der Waals surface area contributed by atoms with Crippen LogP contribution in [0.25, 0.3) is 10.1 Å². The number of alkyl halides is 1. The molecule has 0 spiro atoms. The summed E-state index contributed by atoms with van der Waals surface area (Å²) in [6.07, 6.45) is 1.18. The molecular formula is C13H14FNS. The Bertz CT molecular complexity index is 499. The van der Waals surface area contributed by atoms with Crippen molar-refractivity contribution >= 4 is 21.4 Å². The van der Waals surface area contributed by atoms with Crippen LogP contribution < -0.4 is 5.32 Å². The highest BCUT2D eigenvalue weighted by Crippen LogP contribution is 2.32. The van der Waals surface area contributed by atoms with Crippen molar-refractivity contribution in [1.29, 1.82) is 0 Å². The Morgan fingerprint density at radius 1 is 1.38 bits per heavy atom. The Balaban J connectivity index is 1.94. The number of hydrogen-bond donors (Lipinski definition) is 1. The summed E-state index contributed by atoms with van der Waals surface area (Å²) in [6, 6.07) is 8.25. The van der Waals surface area contributed by atoms with Crippen LogP contribution in [-0.4, -0.2) is 18.8 Å². The minimum absolute atomic E-state index is 0.497. The molecule has 1 N–H and O–H groups in total. The molecule has 1 fully saturated rings. The van der Waals surface area contributed by atoms with Crippen molar-refractivity contribution in [3.05, 3.63) is 35.2 Å². The summed E-state index contributed by atoms with van der Waals surface area (Å²) >= 11 is 1.71. The zero-order valence-corrected chi connectivity index (χ0v) is 9.82. The van der Waals surface area contributed by atoms with E-state index in [1.807, 2.05) is 12.1 Å². The Morgan fingerprint density at radius 3 is 3.06 bits per heavy atom. The number of thiophene rings is 1. The summed E-state index contributed by atoms with van der Waals surface area (Å²) in [7, 11) is 0. The van der Waals surface area contributed by atoms with Gasteiger partial charge in [0.05, 0.1) is 0 Å². The Hall–Kier alpha value is -0.930. The van der Waals surface area contributed by atoms with Crippen LogP contribution in [-0.2, 0) is 6.42 Å². The fourth-order valence-corrected chi connectivity index (χ4v) is 3.34. The van der Waals surface area contributed by atoms with E-state index in [0.717, 1.165) is 12.1 Å². The summed E-state index contributed by atoms with van der Waals surface area (Å²) in [5.41, 5.74) is 0.121. The van der Waals surface area contributed by atoms with Crippen molar-refractivity contribution < 1.29 is 4.39 Å². The predicted molar refractivity (Wildman–Crippen MR) is 66.9 cm³/mol. The average Bonchev–Trinajstić information content (AvgIpc) is 2.87. The van der Waals surface area contributed by atoms with Gasteiger partial charge in [0.25, 0.3) is 0 Å². The Morgan fingerprint density at radius 2 is 2.25 bits per heavy atom. The second-order valence-corrected chi connectivity index (χ2v) is 5.42. The summed E-state index contributed by atoms with van der Waals surface area (Å²) in [4.78, 5) is 0. The van der Waals surface area contributed by atoms with E-state index in [9.17, 15) is 4.39 Å². The highest BCUT2D eigenvalue weighted by molar-refractivity contribution is 7.17. The molecule has 1 aliphatic rings. The molecule has 1 aliphatic heterocycles. The van der Waals surface area contributed by atoms with E-state index in [-0.39, 0.29) is 0 Å². The third kappa shape index (κ3) is 1.74. The van der Waals surface area contributed by atoms with Crippen LogP contribution in [0.4, 0.5) is 4.39 Å². The molecule has 0 bridgehead atoms. The third-order valence-corrected chi connectivity index (χ3v) is 4.27. The maximum Gasteiger partial charge on any atom is 0.128 e. The molecule has 0 amide bonds. The quantitative estimate of drug-likeness (QED) is 0.843. The minimum Gasteiger partial charge on any atom is -0.313 e. The summed E-state index contributed by atoms with van der Waals surface area (Å²) in [6.45, 7) is 1.30. The van der Waals surface area contributed by atoms with Gasteiger partial charge in [0.1, 0.15) is 5.67 Å². The van der Waals surface area contributed by atoms with Crippen LogP contribution in [0.3, 0.4) is 0 Å². The van der Waals surface area contributed by atoms with Crippen LogP contribution in [0.5, 0.6) is 0 Å². The lowest BCUT2D eigenvalue weighted by atomic mass is 9.95. The number of fused-ring (bicyclic) bond motifs is 1. The molecular weight excluding hydrogens is 221 g/mol. The average molecular weight is 235 g/mol. The monoisotopic (exact) mass is 235 g/mol. The normalized spacial score (nSPS) is 25.3. The highest BCUT2D eigenvalue weighted by atomic mass is 32.1. The molecule has 2 heterocycles. The van der Waals surface area contributed by atoms with Crippen LogP contribution in [0, 0.1) is 0 Å². The summed E-state index contributed by atoms with van der Waals surface area (Å²) < 4.78 is 15.6. The van der Waals surface area contributed by atoms with Gasteiger partial charge in [0, 0.05) is 17.7 Å². The van der Waals surface area contributed by atoms with Gasteiger partial charge < -0.3 is 5.32 Å². The maximum atomic E-state index is 14.3. The molecule has 3 heteroatoms. The lowest BCUT2D eigenvalue weighted by Crippen LogP contribution is -2.28. The van der Waals surface area contributed by atoms with Gasteiger partial charge >= 0.3 is 0 Å². The molecule has 0 radical (unpaired) electrons. The third-order valence-electron chi connectivity index (χ3n) is 3.26. The Kier molecular flexibility index (Phi) is 2.45. The van der Waals surface area contributed by atoms with Crippen LogP contribution in [0.2, 0.25) is 0 Å². The van der Waals surface area contributed by atoms with Crippen molar-refractivity contribution in [1.82, 2.24) is 5.32 Å². The summed E-state index contributed by atoms with van der Waals surface area (Å²) in [5.74, 6) is 0. The van der Waals surface area contributed by atoms with E-state index in [2.05, 4.69) is 22.8 Å². The van der Waals surface area contributed by atoms with E-state index < -0.39 is 5.67 Å². The maximum absolute atomic E-state index is 14.3. The van der Waals surface area contributed by atoms with E-state index in [1.54, 1.807) is 11.3 Å². The number of halogens is 1. The van der Waals surface area contributed by atoms with Crippen LogP contribution >= 0.6 is 11.3 Å². The van der Waals surface area contributed by atoms with Gasteiger partial charge in [-0.15, -0.1) is 11.3 Å². The largest absolute Gasteiger partial charge is 0.313 e. The molecule has 1 nitrogen and oxygen atoms in total. The highest BCUT2D eigenvalue weighted by Gasteiger charge is 2.34. The summed E-state index contributed by atoms with van der Waals surface area (Å²) in [5, 5.41) is 6.42. The zero-order chi connectivity index (χ0) is 11.0. The standard InChI is InChI=1S/C13H14FNS/c14-13(5-6-15-9-13)7-10-8-16-12-4-2-1-3-11(10)12/h1-4,8,15H,5-7,9H2. The van der Waals surface area contributed by atoms with Gasteiger partial charge in [0.15, 0.2) is 0 Å². The first-order valence-electron chi connectivity index (χ1n) is 5.62. The molecule has 1 saturated heterocycles. The molecule has 1 unspecified atom stereocenters. The fourth-order valence-electron chi connectivity index (χ4n) is 2.38. The topological polar surface area (TPSA) is 12.0 Å². The fraction of sp³-hybridized carbons (Fsp3) is 0.385. The van der Waals surface area contributed by atoms with Crippen LogP contribution in [0.15, 0.2) is 29.6 Å². The van der Waals surface area contributed by atoms with Gasteiger partial charge in [-0.3, -0.25) is 0 Å². The van der Waals surface area contributed by atoms with Crippen molar-refractivity contribution in [2.24, 2.45) is 0 Å². The molecule has 0 aliphatic carbocycles. The second kappa shape index (κ2) is 3.82. The van der Waals surface area contributed by atoms with Crippen molar-refractivity contribution in [3.8, 4) is 0 Å². The molecule has 16 heavy (non-hydrogen) atoms. The first-order chi connectivity index (χ1) is 7.77. The first kappa shape index (κ1) is 10.2. The second-order valence-electron chi connectivity index (χ2n) is 4.51. The molecule has 1 aromatic heterocycles. The van der Waals surface area contributed by atoms with Gasteiger partial charge in [-0.2, -0.15) is 0 Å². The zero-order valence-electron chi connectivity index (χ0n) is 9.00. The molecule has 2 aromatic rings. The van der Waals surface area contributed by atoms with Crippen molar-refractivity contribution in [2.75, 3.05) is 13.1 Å². The number of benzene rings is 1. The predicted octanol–water partition coefficient (Wildman–Crippen LogP) is 3.15. The number of rotatable bonds is 2. The van der Waals surface area contributed by atoms with Gasteiger partial charge in [-0.25, -0.2) is 4.39 Å². The number of hydrogen-bond acceptors (Lipinski definition) is 2. The van der Waals surface area contributed by atoms with Gasteiger partial charge in [-0.05, 0) is 35.4 Å². The molecule has 1 aromatic carbocycles.